The first-order valence-electron chi connectivity index (χ1n) is 7.17. The van der Waals surface area contributed by atoms with Gasteiger partial charge in [-0.05, 0) is 37.3 Å². The van der Waals surface area contributed by atoms with E-state index in [2.05, 4.69) is 28.1 Å². The third kappa shape index (κ3) is 1.54. The van der Waals surface area contributed by atoms with Gasteiger partial charge in [0.05, 0.1) is 5.41 Å². The molecule has 1 amide bonds. The van der Waals surface area contributed by atoms with Crippen LogP contribution < -0.4 is 0 Å². The van der Waals surface area contributed by atoms with Crippen LogP contribution in [0.15, 0.2) is 30.5 Å². The number of benzene rings is 1. The highest BCUT2D eigenvalue weighted by atomic mass is 16.2. The van der Waals surface area contributed by atoms with E-state index in [0.717, 1.165) is 44.3 Å². The maximum absolute atomic E-state index is 12.8. The number of fused-ring (bicyclic) bond motifs is 1. The molecule has 1 saturated carbocycles. The number of carbonyl (C=O) groups is 1. The molecule has 2 aromatic rings. The molecule has 0 bridgehead atoms. The lowest BCUT2D eigenvalue weighted by molar-refractivity contribution is -0.132. The number of nitrogens with zero attached hydrogens (tertiary/aromatic N) is 1. The predicted molar refractivity (Wildman–Crippen MR) is 75.0 cm³/mol. The molecule has 0 radical (unpaired) electrons. The van der Waals surface area contributed by atoms with Gasteiger partial charge in [0.2, 0.25) is 5.91 Å². The molecule has 1 saturated heterocycles. The van der Waals surface area contributed by atoms with Gasteiger partial charge in [-0.3, -0.25) is 4.79 Å². The van der Waals surface area contributed by atoms with Gasteiger partial charge in [0.1, 0.15) is 0 Å². The van der Waals surface area contributed by atoms with Crippen molar-refractivity contribution in [1.82, 2.24) is 9.88 Å². The Morgan fingerprint density at radius 3 is 2.63 bits per heavy atom. The van der Waals surface area contributed by atoms with Gasteiger partial charge in [-0.1, -0.05) is 18.2 Å². The SMILES string of the molecule is O=C(N1CCCC1)C1(c2c[nH]c3ccccc23)CC1. The second-order valence-electron chi connectivity index (χ2n) is 5.83. The van der Waals surface area contributed by atoms with Crippen molar-refractivity contribution in [3.8, 4) is 0 Å². The molecule has 0 unspecified atom stereocenters. The minimum atomic E-state index is -0.218. The molecule has 1 aromatic carbocycles. The first-order chi connectivity index (χ1) is 9.31. The molecule has 1 aliphatic carbocycles. The van der Waals surface area contributed by atoms with Gasteiger partial charge in [0, 0.05) is 30.2 Å². The van der Waals surface area contributed by atoms with E-state index in [4.69, 9.17) is 0 Å². The van der Waals surface area contributed by atoms with Gasteiger partial charge in [-0.15, -0.1) is 0 Å². The van der Waals surface area contributed by atoms with Crippen molar-refractivity contribution in [1.29, 1.82) is 0 Å². The number of nitrogens with one attached hydrogen (secondary N) is 1. The Hall–Kier alpha value is -1.77. The quantitative estimate of drug-likeness (QED) is 0.879. The van der Waals surface area contributed by atoms with Crippen LogP contribution in [0.25, 0.3) is 10.9 Å². The van der Waals surface area contributed by atoms with E-state index in [1.807, 2.05) is 12.3 Å². The molecule has 4 rings (SSSR count). The van der Waals surface area contributed by atoms with E-state index in [1.54, 1.807) is 0 Å². The molecular formula is C16H18N2O. The minimum Gasteiger partial charge on any atom is -0.361 e. The minimum absolute atomic E-state index is 0.218. The standard InChI is InChI=1S/C16H18N2O/c19-15(18-9-3-4-10-18)16(7-8-16)13-11-17-14-6-2-1-5-12(13)14/h1-2,5-6,11,17H,3-4,7-10H2. The van der Waals surface area contributed by atoms with E-state index in [1.165, 1.54) is 10.9 Å². The largest absolute Gasteiger partial charge is 0.361 e. The van der Waals surface area contributed by atoms with Crippen LogP contribution in [0.3, 0.4) is 0 Å². The zero-order chi connectivity index (χ0) is 12.9. The lowest BCUT2D eigenvalue weighted by atomic mass is 9.94. The van der Waals surface area contributed by atoms with Crippen LogP contribution in [0.2, 0.25) is 0 Å². The summed E-state index contributed by atoms with van der Waals surface area (Å²) in [6.07, 6.45) is 6.38. The van der Waals surface area contributed by atoms with Crippen LogP contribution in [-0.2, 0) is 10.2 Å². The number of para-hydroxylation sites is 1. The molecule has 0 spiro atoms. The second-order valence-corrected chi connectivity index (χ2v) is 5.83. The summed E-state index contributed by atoms with van der Waals surface area (Å²) in [5, 5.41) is 1.22. The van der Waals surface area contributed by atoms with Crippen LogP contribution in [0, 0.1) is 0 Å². The van der Waals surface area contributed by atoms with E-state index in [0.29, 0.717) is 5.91 Å². The van der Waals surface area contributed by atoms with E-state index in [9.17, 15) is 4.79 Å². The zero-order valence-corrected chi connectivity index (χ0v) is 11.0. The molecule has 0 atom stereocenters. The average Bonchev–Trinajstić information content (AvgIpc) is 2.92. The number of likely N-dealkylation sites (tertiary alicyclic amines) is 1. The van der Waals surface area contributed by atoms with Gasteiger partial charge < -0.3 is 9.88 Å². The number of aromatic nitrogens is 1. The molecule has 3 heteroatoms. The van der Waals surface area contributed by atoms with Crippen LogP contribution in [-0.4, -0.2) is 28.9 Å². The fourth-order valence-electron chi connectivity index (χ4n) is 3.41. The summed E-state index contributed by atoms with van der Waals surface area (Å²) in [6.45, 7) is 1.89. The molecule has 1 N–H and O–H groups in total. The van der Waals surface area contributed by atoms with Gasteiger partial charge in [-0.25, -0.2) is 0 Å². The van der Waals surface area contributed by atoms with Crippen molar-refractivity contribution >= 4 is 16.8 Å². The van der Waals surface area contributed by atoms with Crippen molar-refractivity contribution in [3.05, 3.63) is 36.0 Å². The highest BCUT2D eigenvalue weighted by Gasteiger charge is 2.54. The smallest absolute Gasteiger partial charge is 0.233 e. The summed E-state index contributed by atoms with van der Waals surface area (Å²) in [4.78, 5) is 18.2. The maximum Gasteiger partial charge on any atom is 0.233 e. The fraction of sp³-hybridized carbons (Fsp3) is 0.438. The van der Waals surface area contributed by atoms with Gasteiger partial charge in [-0.2, -0.15) is 0 Å². The number of H-pyrrole nitrogens is 1. The normalized spacial score (nSPS) is 20.9. The Morgan fingerprint density at radius 2 is 1.89 bits per heavy atom. The van der Waals surface area contributed by atoms with Gasteiger partial charge >= 0.3 is 0 Å². The summed E-state index contributed by atoms with van der Waals surface area (Å²) in [6, 6.07) is 8.29. The van der Waals surface area contributed by atoms with Crippen LogP contribution in [0.5, 0.6) is 0 Å². The summed E-state index contributed by atoms with van der Waals surface area (Å²) in [5.41, 5.74) is 2.13. The fourth-order valence-corrected chi connectivity index (χ4v) is 3.41. The Labute approximate surface area is 112 Å². The molecule has 2 heterocycles. The molecule has 3 nitrogen and oxygen atoms in total. The summed E-state index contributed by atoms with van der Waals surface area (Å²) < 4.78 is 0. The number of hydrogen-bond donors (Lipinski definition) is 1. The number of rotatable bonds is 2. The Balaban J connectivity index is 1.76. The molecule has 1 aromatic heterocycles. The van der Waals surface area contributed by atoms with E-state index in [-0.39, 0.29) is 5.41 Å². The molecule has 1 aliphatic heterocycles. The average molecular weight is 254 g/mol. The van der Waals surface area contributed by atoms with Crippen molar-refractivity contribution in [2.24, 2.45) is 0 Å². The van der Waals surface area contributed by atoms with Crippen molar-refractivity contribution in [2.75, 3.05) is 13.1 Å². The lowest BCUT2D eigenvalue weighted by Crippen LogP contribution is -2.37. The molecule has 98 valence electrons. The zero-order valence-electron chi connectivity index (χ0n) is 11.0. The van der Waals surface area contributed by atoms with Crippen LogP contribution in [0.1, 0.15) is 31.2 Å². The van der Waals surface area contributed by atoms with Crippen molar-refractivity contribution in [3.63, 3.8) is 0 Å². The van der Waals surface area contributed by atoms with Crippen LogP contribution in [0.4, 0.5) is 0 Å². The maximum atomic E-state index is 12.8. The molecule has 19 heavy (non-hydrogen) atoms. The van der Waals surface area contributed by atoms with Crippen molar-refractivity contribution in [2.45, 2.75) is 31.1 Å². The number of carbonyl (C=O) groups excluding carboxylic acids is 1. The summed E-state index contributed by atoms with van der Waals surface area (Å²) >= 11 is 0. The second kappa shape index (κ2) is 3.86. The van der Waals surface area contributed by atoms with E-state index >= 15 is 0 Å². The Morgan fingerprint density at radius 1 is 1.16 bits per heavy atom. The number of aromatic amines is 1. The first kappa shape index (κ1) is 11.1. The van der Waals surface area contributed by atoms with Crippen molar-refractivity contribution < 1.29 is 4.79 Å². The monoisotopic (exact) mass is 254 g/mol. The molecule has 2 fully saturated rings. The first-order valence-corrected chi connectivity index (χ1v) is 7.17. The Bertz CT molecular complexity index is 633. The summed E-state index contributed by atoms with van der Waals surface area (Å²) in [7, 11) is 0. The predicted octanol–water partition coefficient (Wildman–Crippen LogP) is 2.82. The highest BCUT2D eigenvalue weighted by molar-refractivity contribution is 5.97. The summed E-state index contributed by atoms with van der Waals surface area (Å²) in [5.74, 6) is 0.356. The Kier molecular flexibility index (Phi) is 2.25. The molecular weight excluding hydrogens is 236 g/mol. The number of hydrogen-bond acceptors (Lipinski definition) is 1. The third-order valence-corrected chi connectivity index (χ3v) is 4.66. The third-order valence-electron chi connectivity index (χ3n) is 4.66. The van der Waals surface area contributed by atoms with E-state index < -0.39 is 0 Å². The van der Waals surface area contributed by atoms with Gasteiger partial charge in [0.15, 0.2) is 0 Å². The van der Waals surface area contributed by atoms with Gasteiger partial charge in [0.25, 0.3) is 0 Å². The number of amides is 1. The molecule has 2 aliphatic rings. The van der Waals surface area contributed by atoms with Crippen LogP contribution >= 0.6 is 0 Å². The highest BCUT2D eigenvalue weighted by Crippen LogP contribution is 2.52. The topological polar surface area (TPSA) is 36.1 Å². The lowest BCUT2D eigenvalue weighted by Gasteiger charge is -2.22.